The molecular formula is C48H68N10O9. The number of benzene rings is 2. The van der Waals surface area contributed by atoms with E-state index in [4.69, 9.17) is 4.63 Å². The molecule has 2 unspecified atom stereocenters. The SMILES string of the molecule is CCC(C)[C@@H]1NC(=O)C(Cc2cn(CC(=O)NCCCCCCNc3ccc([N+](=O)[O-])c4nonc34)c3ccccc23)NC(=O)[C@H](C)NC(=O)[C@H]2CCCCN2C1=O.CCCCCC(=O)CC. The average molecular weight is 929 g/mol. The van der Waals surface area contributed by atoms with E-state index in [-0.39, 0.29) is 47.8 Å². The highest BCUT2D eigenvalue weighted by molar-refractivity contribution is 5.98. The fraction of sp³-hybridized carbons (Fsp3) is 0.583. The van der Waals surface area contributed by atoms with Crippen LogP contribution in [0.4, 0.5) is 11.4 Å². The molecule has 2 aromatic carbocycles. The van der Waals surface area contributed by atoms with Gasteiger partial charge in [0, 0.05) is 62.1 Å². The number of nitrogens with one attached hydrogen (secondary N) is 5. The number of non-ortho nitro benzene ring substituents is 1. The molecule has 2 fully saturated rings. The van der Waals surface area contributed by atoms with Crippen LogP contribution >= 0.6 is 0 Å². The first kappa shape index (κ1) is 51.6. The molecule has 2 saturated heterocycles. The number of ketones is 1. The van der Waals surface area contributed by atoms with Crippen molar-refractivity contribution < 1.29 is 38.3 Å². The predicted molar refractivity (Wildman–Crippen MR) is 254 cm³/mol. The van der Waals surface area contributed by atoms with Gasteiger partial charge in [0.1, 0.15) is 36.5 Å². The van der Waals surface area contributed by atoms with Crippen molar-refractivity contribution >= 4 is 68.6 Å². The summed E-state index contributed by atoms with van der Waals surface area (Å²) in [6.45, 7) is 11.0. The van der Waals surface area contributed by atoms with Gasteiger partial charge in [-0.05, 0) is 79.4 Å². The van der Waals surface area contributed by atoms with Crippen LogP contribution in [0.5, 0.6) is 0 Å². The Morgan fingerprint density at radius 1 is 0.896 bits per heavy atom. The number of hydrogen-bond acceptors (Lipinski definition) is 12. The molecule has 19 nitrogen and oxygen atoms in total. The van der Waals surface area contributed by atoms with Crippen LogP contribution in [-0.4, -0.2) is 104 Å². The molecule has 6 rings (SSSR count). The third-order valence-electron chi connectivity index (χ3n) is 12.6. The highest BCUT2D eigenvalue weighted by atomic mass is 16.6. The van der Waals surface area contributed by atoms with Crippen LogP contribution in [0, 0.1) is 16.0 Å². The predicted octanol–water partition coefficient (Wildman–Crippen LogP) is 5.88. The largest absolute Gasteiger partial charge is 0.383 e. The monoisotopic (exact) mass is 929 g/mol. The number of Topliss-reactive ketones (excluding diaryl/α,β-unsaturated/α-hetero) is 1. The molecule has 0 bridgehead atoms. The van der Waals surface area contributed by atoms with Gasteiger partial charge in [0.05, 0.1) is 10.6 Å². The first-order chi connectivity index (χ1) is 32.3. The maximum Gasteiger partial charge on any atom is 0.300 e. The number of carbonyl (C=O) groups excluding carboxylic acids is 6. The van der Waals surface area contributed by atoms with Gasteiger partial charge in [0.15, 0.2) is 5.52 Å². The number of amides is 5. The van der Waals surface area contributed by atoms with Crippen molar-refractivity contribution in [2.75, 3.05) is 25.0 Å². The molecule has 0 saturated carbocycles. The molecule has 2 aliphatic heterocycles. The molecule has 364 valence electrons. The lowest BCUT2D eigenvalue weighted by atomic mass is 9.93. The zero-order valence-electron chi connectivity index (χ0n) is 39.6. The fourth-order valence-electron chi connectivity index (χ4n) is 8.46. The molecule has 5 atom stereocenters. The van der Waals surface area contributed by atoms with Crippen LogP contribution in [0.3, 0.4) is 0 Å². The number of rotatable bonds is 20. The fourth-order valence-corrected chi connectivity index (χ4v) is 8.46. The van der Waals surface area contributed by atoms with E-state index in [1.165, 1.54) is 18.9 Å². The summed E-state index contributed by atoms with van der Waals surface area (Å²) in [5, 5.41) is 34.3. The Morgan fingerprint density at radius 3 is 2.37 bits per heavy atom. The molecule has 4 heterocycles. The standard InChI is InChI=1S/C40H52N10O8.C8H16O/c1-4-24(2)34-40(55)49-20-12-9-15-32(49)39(54)43-25(3)37(52)44-29(38(53)45-34)21-26-22-48(30-14-8-7-13-27(26)30)23-33(51)42-19-11-6-5-10-18-41-28-16-17-31(50(56)57)36-35(28)46-58-47-36;1-3-5-6-7-8(9)4-2/h7-8,13-14,16-17,22,24-25,29,32,34,41H,4-6,9-12,15,18-21,23H2,1-3H3,(H,42,51)(H,43,54)(H,44,52)(H,45,53);3-7H2,1-2H3/t24?,25-,29?,32+,34-;/m0./s1. The Morgan fingerprint density at radius 2 is 1.64 bits per heavy atom. The second-order valence-electron chi connectivity index (χ2n) is 17.6. The molecule has 2 aliphatic rings. The van der Waals surface area contributed by atoms with Crippen molar-refractivity contribution in [3.05, 3.63) is 58.3 Å². The molecule has 19 heteroatoms. The molecule has 5 amide bonds. The van der Waals surface area contributed by atoms with Gasteiger partial charge in [-0.3, -0.25) is 38.9 Å². The molecule has 4 aromatic rings. The minimum Gasteiger partial charge on any atom is -0.383 e. The van der Waals surface area contributed by atoms with Crippen LogP contribution in [0.25, 0.3) is 21.9 Å². The molecule has 2 aromatic heterocycles. The van der Waals surface area contributed by atoms with Crippen LogP contribution in [0.2, 0.25) is 0 Å². The summed E-state index contributed by atoms with van der Waals surface area (Å²) >= 11 is 0. The topological polar surface area (TPSA) is 253 Å². The minimum atomic E-state index is -1.07. The first-order valence-corrected chi connectivity index (χ1v) is 24.0. The van der Waals surface area contributed by atoms with Crippen molar-refractivity contribution in [2.45, 2.75) is 155 Å². The van der Waals surface area contributed by atoms with E-state index in [1.54, 1.807) is 17.9 Å². The van der Waals surface area contributed by atoms with Crippen LogP contribution in [0.15, 0.2) is 47.2 Å². The number of piperidine rings is 1. The number of carbonyl (C=O) groups is 6. The van der Waals surface area contributed by atoms with Crippen LogP contribution < -0.4 is 26.6 Å². The molecule has 0 radical (unpaired) electrons. The normalized spacial score (nSPS) is 19.4. The second-order valence-corrected chi connectivity index (χ2v) is 17.6. The highest BCUT2D eigenvalue weighted by Gasteiger charge is 2.40. The van der Waals surface area contributed by atoms with E-state index in [9.17, 15) is 38.9 Å². The summed E-state index contributed by atoms with van der Waals surface area (Å²) < 4.78 is 6.54. The van der Waals surface area contributed by atoms with Crippen molar-refractivity contribution in [3.63, 3.8) is 0 Å². The Bertz CT molecular complexity index is 2340. The number of fused-ring (bicyclic) bond motifs is 3. The van der Waals surface area contributed by atoms with Gasteiger partial charge in [-0.15, -0.1) is 0 Å². The first-order valence-electron chi connectivity index (χ1n) is 24.0. The zero-order chi connectivity index (χ0) is 48.5. The van der Waals surface area contributed by atoms with Crippen LogP contribution in [0.1, 0.15) is 124 Å². The lowest BCUT2D eigenvalue weighted by molar-refractivity contribution is -0.383. The summed E-state index contributed by atoms with van der Waals surface area (Å²) in [7, 11) is 0. The summed E-state index contributed by atoms with van der Waals surface area (Å²) in [6.07, 6.45) is 12.9. The quantitative estimate of drug-likeness (QED) is 0.0396. The van der Waals surface area contributed by atoms with Crippen molar-refractivity contribution in [3.8, 4) is 0 Å². The molecular weight excluding hydrogens is 861 g/mol. The van der Waals surface area contributed by atoms with E-state index in [0.717, 1.165) is 67.8 Å². The third-order valence-corrected chi connectivity index (χ3v) is 12.6. The molecule has 5 N–H and O–H groups in total. The van der Waals surface area contributed by atoms with Gasteiger partial charge in [0.25, 0.3) is 0 Å². The molecule has 0 spiro atoms. The Labute approximate surface area is 391 Å². The van der Waals surface area contributed by atoms with Gasteiger partial charge in [-0.1, -0.05) is 78.0 Å². The Balaban J connectivity index is 0.000000845. The molecule has 67 heavy (non-hydrogen) atoms. The number of nitrogens with zero attached hydrogens (tertiary/aromatic N) is 5. The Kier molecular flexibility index (Phi) is 19.6. The van der Waals surface area contributed by atoms with Gasteiger partial charge in [-0.2, -0.15) is 0 Å². The zero-order valence-corrected chi connectivity index (χ0v) is 39.6. The second kappa shape index (κ2) is 25.5. The Hall–Kier alpha value is -6.40. The summed E-state index contributed by atoms with van der Waals surface area (Å²) in [5.41, 5.74) is 2.37. The summed E-state index contributed by atoms with van der Waals surface area (Å²) in [6, 6.07) is 6.89. The summed E-state index contributed by atoms with van der Waals surface area (Å²) in [4.78, 5) is 91.0. The number of para-hydroxylation sites is 1. The van der Waals surface area contributed by atoms with Crippen molar-refractivity contribution in [1.82, 2.24) is 41.0 Å². The van der Waals surface area contributed by atoms with Crippen molar-refractivity contribution in [1.29, 1.82) is 0 Å². The number of anilines is 1. The van der Waals surface area contributed by atoms with E-state index in [2.05, 4.69) is 43.8 Å². The number of nitro benzene ring substituents is 1. The van der Waals surface area contributed by atoms with Gasteiger partial charge in [-0.25, -0.2) is 4.63 Å². The average Bonchev–Trinajstić information content (AvgIpc) is 3.96. The van der Waals surface area contributed by atoms with E-state index in [0.29, 0.717) is 55.9 Å². The van der Waals surface area contributed by atoms with Gasteiger partial charge in [0.2, 0.25) is 35.1 Å². The van der Waals surface area contributed by atoms with Gasteiger partial charge >= 0.3 is 5.69 Å². The summed E-state index contributed by atoms with van der Waals surface area (Å²) in [5.74, 6) is -1.69. The van der Waals surface area contributed by atoms with E-state index in [1.807, 2.05) is 55.8 Å². The van der Waals surface area contributed by atoms with Crippen LogP contribution in [-0.2, 0) is 41.7 Å². The van der Waals surface area contributed by atoms with Crippen molar-refractivity contribution in [2.24, 2.45) is 5.92 Å². The van der Waals surface area contributed by atoms with E-state index >= 15 is 0 Å². The number of hydrogen-bond donors (Lipinski definition) is 5. The van der Waals surface area contributed by atoms with E-state index < -0.39 is 40.9 Å². The minimum absolute atomic E-state index is 0.0406. The highest BCUT2D eigenvalue weighted by Crippen LogP contribution is 2.29. The third kappa shape index (κ3) is 14.1. The lowest BCUT2D eigenvalue weighted by Gasteiger charge is -2.39. The number of aromatic nitrogens is 3. The lowest BCUT2D eigenvalue weighted by Crippen LogP contribution is -2.64. The number of unbranched alkanes of at least 4 members (excludes halogenated alkanes) is 5. The molecule has 0 aliphatic carbocycles. The number of nitro groups is 1. The maximum absolute atomic E-state index is 14.1. The smallest absolute Gasteiger partial charge is 0.300 e. The van der Waals surface area contributed by atoms with Gasteiger partial charge < -0.3 is 36.1 Å². The maximum atomic E-state index is 14.1.